The summed E-state index contributed by atoms with van der Waals surface area (Å²) < 4.78 is 0. The van der Waals surface area contributed by atoms with Crippen molar-refractivity contribution in [3.63, 3.8) is 0 Å². The number of nitriles is 1. The number of nitrogens with zero attached hydrogens (tertiary/aromatic N) is 1. The summed E-state index contributed by atoms with van der Waals surface area (Å²) >= 11 is 0. The van der Waals surface area contributed by atoms with Crippen LogP contribution < -0.4 is 5.32 Å². The van der Waals surface area contributed by atoms with Crippen LogP contribution in [0.1, 0.15) is 49.3 Å². The third-order valence-electron chi connectivity index (χ3n) is 7.89. The molecular formula is C30H31N2OP. The summed E-state index contributed by atoms with van der Waals surface area (Å²) in [5.74, 6) is -0.0722. The van der Waals surface area contributed by atoms with Crippen LogP contribution in [0.2, 0.25) is 0 Å². The number of hydrogen-bond donors (Lipinski definition) is 1. The molecule has 1 N–H and O–H groups in total. The first kappa shape index (κ1) is 22.8. The number of benzene rings is 3. The van der Waals surface area contributed by atoms with E-state index in [2.05, 4.69) is 91.1 Å². The van der Waals surface area contributed by atoms with Crippen LogP contribution in [0, 0.1) is 11.3 Å². The minimum atomic E-state index is -1.03. The second-order valence-corrected chi connectivity index (χ2v) is 12.0. The van der Waals surface area contributed by atoms with E-state index in [-0.39, 0.29) is 5.91 Å². The molecule has 1 amide bonds. The molecule has 3 atom stereocenters. The highest BCUT2D eigenvalue weighted by atomic mass is 31.1. The van der Waals surface area contributed by atoms with Gasteiger partial charge in [0.15, 0.2) is 5.16 Å². The van der Waals surface area contributed by atoms with Crippen molar-refractivity contribution in [1.29, 1.82) is 5.26 Å². The van der Waals surface area contributed by atoms with E-state index < -0.39 is 23.6 Å². The van der Waals surface area contributed by atoms with E-state index in [1.165, 1.54) is 11.1 Å². The Kier molecular flexibility index (Phi) is 6.05. The molecule has 5 rings (SSSR count). The van der Waals surface area contributed by atoms with Gasteiger partial charge in [-0.25, -0.2) is 0 Å². The maximum absolute atomic E-state index is 13.9. The molecular weight excluding hydrogens is 435 g/mol. The predicted octanol–water partition coefficient (Wildman–Crippen LogP) is 6.34. The van der Waals surface area contributed by atoms with Crippen molar-refractivity contribution in [1.82, 2.24) is 5.32 Å². The molecule has 0 radical (unpaired) electrons. The molecule has 0 saturated carbocycles. The van der Waals surface area contributed by atoms with Crippen LogP contribution >= 0.6 is 7.92 Å². The van der Waals surface area contributed by atoms with Crippen molar-refractivity contribution in [2.75, 3.05) is 12.7 Å². The van der Waals surface area contributed by atoms with Crippen LogP contribution in [-0.4, -0.2) is 23.8 Å². The van der Waals surface area contributed by atoms with Crippen molar-refractivity contribution in [3.05, 3.63) is 108 Å². The Morgan fingerprint density at radius 3 is 1.91 bits per heavy atom. The van der Waals surface area contributed by atoms with E-state index >= 15 is 0 Å². The van der Waals surface area contributed by atoms with Crippen molar-refractivity contribution in [2.45, 2.75) is 48.3 Å². The number of unbranched alkanes of at least 4 members (excludes halogenated alkanes) is 2. The second-order valence-electron chi connectivity index (χ2n) is 9.40. The van der Waals surface area contributed by atoms with Gasteiger partial charge in [-0.1, -0.05) is 119 Å². The van der Waals surface area contributed by atoms with Crippen LogP contribution in [0.4, 0.5) is 0 Å². The molecule has 0 aliphatic carbocycles. The van der Waals surface area contributed by atoms with Gasteiger partial charge in [-0.05, 0) is 35.7 Å². The topological polar surface area (TPSA) is 52.9 Å². The van der Waals surface area contributed by atoms with E-state index in [4.69, 9.17) is 0 Å². The van der Waals surface area contributed by atoms with Gasteiger partial charge in [0.05, 0.1) is 11.2 Å². The molecule has 3 unspecified atom stereocenters. The monoisotopic (exact) mass is 466 g/mol. The Balaban J connectivity index is 1.74. The van der Waals surface area contributed by atoms with Crippen molar-refractivity contribution in [3.8, 4) is 6.07 Å². The first-order valence-corrected chi connectivity index (χ1v) is 13.9. The Bertz CT molecular complexity index is 1150. The summed E-state index contributed by atoms with van der Waals surface area (Å²) in [6.07, 6.45) is 4.97. The minimum absolute atomic E-state index is 0.0722. The number of carbonyl (C=O) groups excluding carboxylic acids is 1. The molecule has 2 aliphatic heterocycles. The normalized spacial score (nSPS) is 26.3. The summed E-state index contributed by atoms with van der Waals surface area (Å²) in [6, 6.07) is 34.2. The average molecular weight is 467 g/mol. The fraction of sp³-hybridized carbons (Fsp3) is 0.333. The number of hydrogen-bond acceptors (Lipinski definition) is 2. The zero-order chi connectivity index (χ0) is 23.7. The summed E-state index contributed by atoms with van der Waals surface area (Å²) in [7, 11) is -0.879. The first-order valence-electron chi connectivity index (χ1n) is 12.3. The van der Waals surface area contributed by atoms with Crippen LogP contribution in [0.5, 0.6) is 0 Å². The highest BCUT2D eigenvalue weighted by molar-refractivity contribution is 7.71. The van der Waals surface area contributed by atoms with Gasteiger partial charge >= 0.3 is 0 Å². The molecule has 3 aromatic carbocycles. The number of nitrogens with one attached hydrogen (secondary N) is 1. The Hall–Kier alpha value is -2.95. The highest BCUT2D eigenvalue weighted by Gasteiger charge is 2.90. The summed E-state index contributed by atoms with van der Waals surface area (Å²) in [6.45, 7) is 2.79. The van der Waals surface area contributed by atoms with Crippen LogP contribution in [-0.2, 0) is 15.4 Å². The molecule has 4 heteroatoms. The molecule has 2 saturated heterocycles. The zero-order valence-corrected chi connectivity index (χ0v) is 20.6. The van der Waals surface area contributed by atoms with Crippen LogP contribution in [0.3, 0.4) is 0 Å². The van der Waals surface area contributed by atoms with E-state index in [1.54, 1.807) is 0 Å². The largest absolute Gasteiger partial charge is 0.354 e. The lowest BCUT2D eigenvalue weighted by Gasteiger charge is -2.42. The lowest BCUT2D eigenvalue weighted by atomic mass is 9.58. The van der Waals surface area contributed by atoms with Crippen LogP contribution in [0.25, 0.3) is 0 Å². The summed E-state index contributed by atoms with van der Waals surface area (Å²) in [5.41, 5.74) is 3.09. The van der Waals surface area contributed by atoms with Gasteiger partial charge in [0.1, 0.15) is 0 Å². The number of carbonyl (C=O) groups is 1. The third kappa shape index (κ3) is 2.95. The smallest absolute Gasteiger partial charge is 0.246 e. The van der Waals surface area contributed by atoms with E-state index in [0.29, 0.717) is 6.54 Å². The standard InChI is InChI=1S/C30H31N2OP/c1-2-3-13-21-32-27(33)29(23-31)30(26-18-11-6-12-19-26)28(20-22-34(29)30,24-14-7-4-8-15-24)25-16-9-5-10-17-25/h4-12,14-19H,2-3,13,20-22H2,1H3,(H,32,33). The van der Waals surface area contributed by atoms with Crippen molar-refractivity contribution < 1.29 is 4.79 Å². The van der Waals surface area contributed by atoms with E-state index in [9.17, 15) is 10.1 Å². The van der Waals surface area contributed by atoms with Gasteiger partial charge in [0.2, 0.25) is 5.91 Å². The first-order chi connectivity index (χ1) is 16.7. The number of rotatable bonds is 8. The fourth-order valence-corrected chi connectivity index (χ4v) is 11.0. The van der Waals surface area contributed by atoms with Crippen LogP contribution in [0.15, 0.2) is 91.0 Å². The van der Waals surface area contributed by atoms with Crippen molar-refractivity contribution >= 4 is 13.8 Å². The lowest BCUT2D eigenvalue weighted by Crippen LogP contribution is -2.51. The van der Waals surface area contributed by atoms with Gasteiger partial charge < -0.3 is 5.32 Å². The fourth-order valence-electron chi connectivity index (χ4n) is 6.54. The Morgan fingerprint density at radius 1 is 0.882 bits per heavy atom. The quantitative estimate of drug-likeness (QED) is 0.311. The SMILES string of the molecule is CCCCCNC(=O)C1(C#N)P2CCC(c3ccccc3)(c3ccccc3)C21c1ccccc1. The molecule has 3 nitrogen and oxygen atoms in total. The molecule has 2 heterocycles. The summed E-state index contributed by atoms with van der Waals surface area (Å²) in [4.78, 5) is 13.9. The van der Waals surface area contributed by atoms with E-state index in [0.717, 1.165) is 37.4 Å². The summed E-state index contributed by atoms with van der Waals surface area (Å²) in [5, 5.41) is 12.4. The average Bonchev–Trinajstić information content (AvgIpc) is 3.35. The Morgan fingerprint density at radius 2 is 1.41 bits per heavy atom. The second kappa shape index (κ2) is 9.01. The van der Waals surface area contributed by atoms with Gasteiger partial charge in [-0.15, -0.1) is 0 Å². The minimum Gasteiger partial charge on any atom is -0.354 e. The molecule has 172 valence electrons. The zero-order valence-electron chi connectivity index (χ0n) is 19.7. The third-order valence-corrected chi connectivity index (χ3v) is 11.6. The molecule has 2 fully saturated rings. The van der Waals surface area contributed by atoms with Crippen molar-refractivity contribution in [2.24, 2.45) is 0 Å². The van der Waals surface area contributed by atoms with Gasteiger partial charge in [0, 0.05) is 12.0 Å². The molecule has 0 spiro atoms. The molecule has 2 aliphatic rings. The van der Waals surface area contributed by atoms with Gasteiger partial charge in [-0.3, -0.25) is 4.79 Å². The van der Waals surface area contributed by atoms with Gasteiger partial charge in [-0.2, -0.15) is 5.26 Å². The maximum atomic E-state index is 13.9. The number of amides is 1. The Labute approximate surface area is 204 Å². The highest BCUT2D eigenvalue weighted by Crippen LogP contribution is 2.97. The molecule has 3 aromatic rings. The maximum Gasteiger partial charge on any atom is 0.246 e. The lowest BCUT2D eigenvalue weighted by molar-refractivity contribution is -0.122. The molecule has 0 aromatic heterocycles. The van der Waals surface area contributed by atoms with Gasteiger partial charge in [0.25, 0.3) is 0 Å². The molecule has 0 bridgehead atoms. The number of fused-ring (bicyclic) bond motifs is 1. The van der Waals surface area contributed by atoms with E-state index in [1.807, 2.05) is 18.2 Å². The predicted molar refractivity (Wildman–Crippen MR) is 139 cm³/mol. The molecule has 34 heavy (non-hydrogen) atoms.